The van der Waals surface area contributed by atoms with Crippen LogP contribution in [0.15, 0.2) is 42.7 Å². The fraction of sp³-hybridized carbons (Fsp3) is 0.412. The van der Waals surface area contributed by atoms with E-state index >= 15 is 0 Å². The minimum Gasteiger partial charge on any atom is -0.340 e. The summed E-state index contributed by atoms with van der Waals surface area (Å²) in [6.45, 7) is 2.63. The number of likely N-dealkylation sites (N-methyl/N-ethyl adjacent to an activating group) is 1. The second kappa shape index (κ2) is 7.35. The number of rotatable bonds is 5. The normalized spacial score (nSPS) is 18.3. The molecule has 7 heteroatoms. The van der Waals surface area contributed by atoms with Crippen LogP contribution in [-0.2, 0) is 6.54 Å². The molecule has 1 unspecified atom stereocenters. The molecule has 0 aliphatic carbocycles. The Morgan fingerprint density at radius 1 is 1.33 bits per heavy atom. The summed E-state index contributed by atoms with van der Waals surface area (Å²) < 4.78 is 0. The molecule has 1 aliphatic heterocycles. The van der Waals surface area contributed by atoms with Crippen LogP contribution in [0.3, 0.4) is 0 Å². The van der Waals surface area contributed by atoms with Gasteiger partial charge in [-0.25, -0.2) is 9.97 Å². The highest BCUT2D eigenvalue weighted by atomic mass is 16.6. The Bertz CT molecular complexity index is 694. The van der Waals surface area contributed by atoms with E-state index in [0.717, 1.165) is 44.0 Å². The number of aromatic nitrogens is 2. The Balaban J connectivity index is 1.65. The third kappa shape index (κ3) is 3.86. The summed E-state index contributed by atoms with van der Waals surface area (Å²) in [6.07, 6.45) is 5.70. The molecule has 1 aliphatic rings. The predicted octanol–water partition coefficient (Wildman–Crippen LogP) is 2.49. The van der Waals surface area contributed by atoms with Crippen LogP contribution in [0.25, 0.3) is 0 Å². The van der Waals surface area contributed by atoms with Crippen molar-refractivity contribution in [2.75, 3.05) is 25.0 Å². The van der Waals surface area contributed by atoms with Crippen molar-refractivity contribution in [1.82, 2.24) is 14.9 Å². The zero-order valence-electron chi connectivity index (χ0n) is 13.7. The van der Waals surface area contributed by atoms with Gasteiger partial charge in [-0.05, 0) is 31.0 Å². The van der Waals surface area contributed by atoms with Crippen LogP contribution in [0.1, 0.15) is 18.4 Å². The highest BCUT2D eigenvalue weighted by Gasteiger charge is 2.24. The van der Waals surface area contributed by atoms with Crippen LogP contribution < -0.4 is 4.90 Å². The van der Waals surface area contributed by atoms with Crippen molar-refractivity contribution < 1.29 is 4.92 Å². The maximum Gasteiger partial charge on any atom is 0.269 e. The lowest BCUT2D eigenvalue weighted by atomic mass is 10.0. The average Bonchev–Trinajstić information content (AvgIpc) is 2.62. The molecular weight excluding hydrogens is 306 g/mol. The molecule has 0 amide bonds. The zero-order chi connectivity index (χ0) is 16.9. The molecule has 2 aromatic rings. The van der Waals surface area contributed by atoms with Gasteiger partial charge in [0.05, 0.1) is 4.92 Å². The highest BCUT2D eigenvalue weighted by molar-refractivity contribution is 5.34. The van der Waals surface area contributed by atoms with E-state index in [9.17, 15) is 10.1 Å². The lowest BCUT2D eigenvalue weighted by Gasteiger charge is -2.37. The molecule has 126 valence electrons. The van der Waals surface area contributed by atoms with Gasteiger partial charge in [-0.15, -0.1) is 0 Å². The SMILES string of the molecule is CN(c1ncccn1)C1CCCN(Cc2cccc([N+](=O)[O-])c2)C1. The van der Waals surface area contributed by atoms with Crippen molar-refractivity contribution in [2.24, 2.45) is 0 Å². The largest absolute Gasteiger partial charge is 0.340 e. The molecule has 7 nitrogen and oxygen atoms in total. The van der Waals surface area contributed by atoms with Gasteiger partial charge in [0.25, 0.3) is 5.69 Å². The monoisotopic (exact) mass is 327 g/mol. The number of benzene rings is 1. The molecule has 0 bridgehead atoms. The maximum atomic E-state index is 10.9. The summed E-state index contributed by atoms with van der Waals surface area (Å²) in [5.74, 6) is 0.736. The third-order valence-electron chi connectivity index (χ3n) is 4.42. The van der Waals surface area contributed by atoms with Crippen molar-refractivity contribution in [3.63, 3.8) is 0 Å². The standard InChI is InChI=1S/C17H21N5O2/c1-20(17-18-8-4-9-19-17)16-7-3-10-21(13-16)12-14-5-2-6-15(11-14)22(23)24/h2,4-6,8-9,11,16H,3,7,10,12-13H2,1H3. The van der Waals surface area contributed by atoms with Gasteiger partial charge in [-0.2, -0.15) is 0 Å². The van der Waals surface area contributed by atoms with Crippen LogP contribution in [0.4, 0.5) is 11.6 Å². The summed E-state index contributed by atoms with van der Waals surface area (Å²) in [5.41, 5.74) is 1.12. The second-order valence-electron chi connectivity index (χ2n) is 6.12. The molecule has 2 heterocycles. The van der Waals surface area contributed by atoms with Gasteiger partial charge in [-0.3, -0.25) is 15.0 Å². The van der Waals surface area contributed by atoms with Gasteiger partial charge in [0.15, 0.2) is 0 Å². The van der Waals surface area contributed by atoms with Gasteiger partial charge in [0.1, 0.15) is 0 Å². The average molecular weight is 327 g/mol. The van der Waals surface area contributed by atoms with Crippen LogP contribution in [0, 0.1) is 10.1 Å². The number of nitrogens with zero attached hydrogens (tertiary/aromatic N) is 5. The lowest BCUT2D eigenvalue weighted by molar-refractivity contribution is -0.384. The maximum absolute atomic E-state index is 10.9. The molecular formula is C17H21N5O2. The molecule has 0 N–H and O–H groups in total. The van der Waals surface area contributed by atoms with Gasteiger partial charge >= 0.3 is 0 Å². The van der Waals surface area contributed by atoms with Crippen LogP contribution in [-0.4, -0.2) is 46.0 Å². The second-order valence-corrected chi connectivity index (χ2v) is 6.12. The minimum atomic E-state index is -0.344. The van der Waals surface area contributed by atoms with Crippen LogP contribution in [0.5, 0.6) is 0 Å². The Morgan fingerprint density at radius 2 is 2.12 bits per heavy atom. The Morgan fingerprint density at radius 3 is 2.88 bits per heavy atom. The molecule has 1 saturated heterocycles. The first kappa shape index (κ1) is 16.3. The van der Waals surface area contributed by atoms with Crippen LogP contribution >= 0.6 is 0 Å². The van der Waals surface area contributed by atoms with E-state index < -0.39 is 0 Å². The molecule has 0 spiro atoms. The third-order valence-corrected chi connectivity index (χ3v) is 4.42. The topological polar surface area (TPSA) is 75.4 Å². The molecule has 3 rings (SSSR count). The first-order chi connectivity index (χ1) is 11.6. The number of non-ortho nitro benzene ring substituents is 1. The fourth-order valence-corrected chi connectivity index (χ4v) is 3.15. The van der Waals surface area contributed by atoms with E-state index in [2.05, 4.69) is 19.8 Å². The van der Waals surface area contributed by atoms with Crippen LogP contribution in [0.2, 0.25) is 0 Å². The first-order valence-corrected chi connectivity index (χ1v) is 8.09. The van der Waals surface area contributed by atoms with E-state index in [4.69, 9.17) is 0 Å². The van der Waals surface area contributed by atoms with Gasteiger partial charge in [0, 0.05) is 50.7 Å². The zero-order valence-corrected chi connectivity index (χ0v) is 13.7. The number of anilines is 1. The van der Waals surface area contributed by atoms with E-state index in [1.807, 2.05) is 19.2 Å². The van der Waals surface area contributed by atoms with Gasteiger partial charge in [-0.1, -0.05) is 12.1 Å². The smallest absolute Gasteiger partial charge is 0.269 e. The van der Waals surface area contributed by atoms with E-state index in [0.29, 0.717) is 6.04 Å². The fourth-order valence-electron chi connectivity index (χ4n) is 3.15. The van der Waals surface area contributed by atoms with Crippen molar-refractivity contribution in [2.45, 2.75) is 25.4 Å². The summed E-state index contributed by atoms with van der Waals surface area (Å²) in [7, 11) is 2.02. The molecule has 0 radical (unpaired) electrons. The number of hydrogen-bond donors (Lipinski definition) is 0. The summed E-state index contributed by atoms with van der Waals surface area (Å²) in [4.78, 5) is 23.7. The van der Waals surface area contributed by atoms with Gasteiger partial charge in [0.2, 0.25) is 5.95 Å². The van der Waals surface area contributed by atoms with Gasteiger partial charge < -0.3 is 4.90 Å². The Kier molecular flexibility index (Phi) is 5.00. The van der Waals surface area contributed by atoms with Crippen molar-refractivity contribution >= 4 is 11.6 Å². The first-order valence-electron chi connectivity index (χ1n) is 8.09. The minimum absolute atomic E-state index is 0.149. The Labute approximate surface area is 141 Å². The predicted molar refractivity (Wildman–Crippen MR) is 91.8 cm³/mol. The molecule has 1 aromatic heterocycles. The van der Waals surface area contributed by atoms with E-state index in [1.165, 1.54) is 6.07 Å². The molecule has 24 heavy (non-hydrogen) atoms. The number of nitro benzene ring substituents is 1. The van der Waals surface area contributed by atoms with E-state index in [-0.39, 0.29) is 10.6 Å². The molecule has 0 saturated carbocycles. The highest BCUT2D eigenvalue weighted by Crippen LogP contribution is 2.21. The molecule has 1 fully saturated rings. The molecule has 1 atom stereocenters. The number of hydrogen-bond acceptors (Lipinski definition) is 6. The quantitative estimate of drug-likeness (QED) is 0.620. The molecule has 1 aromatic carbocycles. The van der Waals surface area contributed by atoms with Crippen molar-refractivity contribution in [3.05, 3.63) is 58.4 Å². The summed E-state index contributed by atoms with van der Waals surface area (Å²) in [6, 6.07) is 9.04. The van der Waals surface area contributed by atoms with E-state index in [1.54, 1.807) is 24.5 Å². The number of nitro groups is 1. The lowest BCUT2D eigenvalue weighted by Crippen LogP contribution is -2.46. The number of likely N-dealkylation sites (tertiary alicyclic amines) is 1. The Hall–Kier alpha value is -2.54. The number of piperidine rings is 1. The summed E-state index contributed by atoms with van der Waals surface area (Å²) >= 11 is 0. The summed E-state index contributed by atoms with van der Waals surface area (Å²) in [5, 5.41) is 10.9. The van der Waals surface area contributed by atoms with Crippen molar-refractivity contribution in [3.8, 4) is 0 Å². The van der Waals surface area contributed by atoms with Crippen molar-refractivity contribution in [1.29, 1.82) is 0 Å².